The highest BCUT2D eigenvalue weighted by Gasteiger charge is 2.40. The Labute approximate surface area is 195 Å². The van der Waals surface area contributed by atoms with Crippen molar-refractivity contribution in [3.05, 3.63) is 42.2 Å². The van der Waals surface area contributed by atoms with E-state index in [2.05, 4.69) is 10.4 Å². The first-order chi connectivity index (χ1) is 13.8. The predicted molar refractivity (Wildman–Crippen MR) is 130 cm³/mol. The molecule has 2 heterocycles. The number of guanidine groups is 1. The van der Waals surface area contributed by atoms with Crippen molar-refractivity contribution in [1.82, 2.24) is 20.0 Å². The first-order valence-electron chi connectivity index (χ1n) is 9.70. The van der Waals surface area contributed by atoms with Gasteiger partial charge in [-0.3, -0.25) is 0 Å². The van der Waals surface area contributed by atoms with Crippen molar-refractivity contribution < 1.29 is 13.2 Å². The van der Waals surface area contributed by atoms with E-state index >= 15 is 0 Å². The van der Waals surface area contributed by atoms with Crippen LogP contribution in [-0.2, 0) is 16.4 Å². The van der Waals surface area contributed by atoms with Gasteiger partial charge in [-0.15, -0.1) is 24.0 Å². The Morgan fingerprint density at radius 3 is 2.57 bits per heavy atom. The molecule has 1 N–H and O–H groups in total. The Morgan fingerprint density at radius 1 is 1.27 bits per heavy atom. The molecule has 2 aromatic rings. The number of hydrogen-bond donors (Lipinski definition) is 1. The van der Waals surface area contributed by atoms with Crippen LogP contribution in [0.3, 0.4) is 0 Å². The molecule has 1 aliphatic rings. The summed E-state index contributed by atoms with van der Waals surface area (Å²) in [5, 5.41) is 7.86. The van der Waals surface area contributed by atoms with Gasteiger partial charge in [-0.25, -0.2) is 18.1 Å². The van der Waals surface area contributed by atoms with E-state index in [4.69, 9.17) is 9.73 Å². The van der Waals surface area contributed by atoms with Gasteiger partial charge in [0.1, 0.15) is 5.75 Å². The quantitative estimate of drug-likeness (QED) is 0.352. The Kier molecular flexibility index (Phi) is 8.14. The molecule has 0 amide bonds. The fraction of sp³-hybridized carbons (Fsp3) is 0.500. The number of halogens is 1. The first kappa shape index (κ1) is 24.4. The van der Waals surface area contributed by atoms with Gasteiger partial charge in [-0.2, -0.15) is 5.10 Å². The van der Waals surface area contributed by atoms with Gasteiger partial charge < -0.3 is 15.0 Å². The van der Waals surface area contributed by atoms with E-state index in [1.165, 1.54) is 0 Å². The Bertz CT molecular complexity index is 971. The minimum absolute atomic E-state index is 0. The van der Waals surface area contributed by atoms with Gasteiger partial charge in [-0.05, 0) is 51.1 Å². The van der Waals surface area contributed by atoms with Crippen molar-refractivity contribution in [3.8, 4) is 11.4 Å². The van der Waals surface area contributed by atoms with Gasteiger partial charge >= 0.3 is 0 Å². The molecule has 30 heavy (non-hydrogen) atoms. The van der Waals surface area contributed by atoms with E-state index < -0.39 is 14.6 Å². The van der Waals surface area contributed by atoms with Crippen molar-refractivity contribution >= 4 is 39.8 Å². The largest absolute Gasteiger partial charge is 0.497 e. The number of rotatable bonds is 5. The summed E-state index contributed by atoms with van der Waals surface area (Å²) in [5.74, 6) is 1.65. The van der Waals surface area contributed by atoms with E-state index in [0.29, 0.717) is 26.2 Å². The van der Waals surface area contributed by atoms with Crippen LogP contribution in [0, 0.1) is 0 Å². The highest BCUT2D eigenvalue weighted by molar-refractivity contribution is 14.0. The molecule has 0 aliphatic carbocycles. The van der Waals surface area contributed by atoms with Crippen molar-refractivity contribution in [2.45, 2.75) is 32.1 Å². The number of nitrogens with one attached hydrogen (secondary N) is 1. The molecule has 0 radical (unpaired) electrons. The van der Waals surface area contributed by atoms with Gasteiger partial charge in [-0.1, -0.05) is 0 Å². The smallest absolute Gasteiger partial charge is 0.194 e. The number of nitrogens with zero attached hydrogens (tertiary/aromatic N) is 4. The van der Waals surface area contributed by atoms with Gasteiger partial charge in [0, 0.05) is 25.8 Å². The predicted octanol–water partition coefficient (Wildman–Crippen LogP) is 2.47. The van der Waals surface area contributed by atoms with Crippen LogP contribution in [0.5, 0.6) is 5.75 Å². The number of ether oxygens (including phenoxy) is 1. The Balaban J connectivity index is 0.00000320. The lowest BCUT2D eigenvalue weighted by atomic mass is 10.2. The minimum Gasteiger partial charge on any atom is -0.497 e. The minimum atomic E-state index is -3.09. The summed E-state index contributed by atoms with van der Waals surface area (Å²) in [6, 6.07) is 9.61. The molecule has 166 valence electrons. The molecule has 1 saturated heterocycles. The number of benzene rings is 1. The Hall–Kier alpha value is -1.82. The molecule has 0 atom stereocenters. The van der Waals surface area contributed by atoms with Crippen LogP contribution in [0.1, 0.15) is 26.5 Å². The van der Waals surface area contributed by atoms with Gasteiger partial charge in [0.05, 0.1) is 35.5 Å². The van der Waals surface area contributed by atoms with Crippen LogP contribution in [-0.4, -0.2) is 66.3 Å². The van der Waals surface area contributed by atoms with Crippen LogP contribution in [0.25, 0.3) is 5.69 Å². The van der Waals surface area contributed by atoms with Gasteiger partial charge in [0.15, 0.2) is 15.8 Å². The fourth-order valence-electron chi connectivity index (χ4n) is 3.23. The number of hydrogen-bond acceptors (Lipinski definition) is 5. The van der Waals surface area contributed by atoms with Crippen molar-refractivity contribution in [2.24, 2.45) is 4.99 Å². The highest BCUT2D eigenvalue weighted by atomic mass is 127. The zero-order chi connectivity index (χ0) is 21.1. The van der Waals surface area contributed by atoms with E-state index in [1.807, 2.05) is 48.4 Å². The summed E-state index contributed by atoms with van der Waals surface area (Å²) in [6.45, 7) is 7.53. The highest BCUT2D eigenvalue weighted by Crippen LogP contribution is 2.24. The molecule has 1 aliphatic heterocycles. The SMILES string of the molecule is CCNC(=NCc1ccn(-c2ccc(OC)cc2)n1)N1CCS(=O)(=O)C(C)(C)C1.I. The Morgan fingerprint density at radius 2 is 1.97 bits per heavy atom. The topological polar surface area (TPSA) is 88.8 Å². The maximum Gasteiger partial charge on any atom is 0.194 e. The van der Waals surface area contributed by atoms with Crippen molar-refractivity contribution in [1.29, 1.82) is 0 Å². The number of sulfone groups is 1. The second kappa shape index (κ2) is 9.99. The maximum absolute atomic E-state index is 12.3. The molecule has 1 fully saturated rings. The third-order valence-corrected chi connectivity index (χ3v) is 7.58. The van der Waals surface area contributed by atoms with Crippen LogP contribution in [0.4, 0.5) is 0 Å². The van der Waals surface area contributed by atoms with Crippen molar-refractivity contribution in [3.63, 3.8) is 0 Å². The molecule has 3 rings (SSSR count). The van der Waals surface area contributed by atoms with Crippen LogP contribution in [0.2, 0.25) is 0 Å². The van der Waals surface area contributed by atoms with E-state index in [-0.39, 0.29) is 29.7 Å². The van der Waals surface area contributed by atoms with Crippen LogP contribution < -0.4 is 10.1 Å². The molecule has 1 aromatic heterocycles. The summed E-state index contributed by atoms with van der Waals surface area (Å²) in [5.41, 5.74) is 1.77. The number of aromatic nitrogens is 2. The van der Waals surface area contributed by atoms with E-state index in [9.17, 15) is 8.42 Å². The van der Waals surface area contributed by atoms with E-state index in [1.54, 1.807) is 25.6 Å². The summed E-state index contributed by atoms with van der Waals surface area (Å²) in [7, 11) is -1.45. The maximum atomic E-state index is 12.3. The second-order valence-corrected chi connectivity index (χ2v) is 10.4. The average molecular weight is 547 g/mol. The van der Waals surface area contributed by atoms with Crippen molar-refractivity contribution in [2.75, 3.05) is 32.5 Å². The second-order valence-electron chi connectivity index (χ2n) is 7.62. The molecule has 0 saturated carbocycles. The molecule has 8 nitrogen and oxygen atoms in total. The zero-order valence-electron chi connectivity index (χ0n) is 17.8. The monoisotopic (exact) mass is 547 g/mol. The molecule has 0 unspecified atom stereocenters. The summed E-state index contributed by atoms with van der Waals surface area (Å²) < 4.78 is 30.7. The van der Waals surface area contributed by atoms with Gasteiger partial charge in [0.2, 0.25) is 0 Å². The number of methoxy groups -OCH3 is 1. The lowest BCUT2D eigenvalue weighted by Gasteiger charge is -2.39. The van der Waals surface area contributed by atoms with Gasteiger partial charge in [0.25, 0.3) is 0 Å². The zero-order valence-corrected chi connectivity index (χ0v) is 21.0. The summed E-state index contributed by atoms with van der Waals surface area (Å²) in [6.07, 6.45) is 1.90. The third kappa shape index (κ3) is 5.45. The molecule has 0 bridgehead atoms. The molecular formula is C20H30IN5O3S. The summed E-state index contributed by atoms with van der Waals surface area (Å²) >= 11 is 0. The molecular weight excluding hydrogens is 517 g/mol. The fourth-order valence-corrected chi connectivity index (χ4v) is 4.60. The molecule has 1 aromatic carbocycles. The summed E-state index contributed by atoms with van der Waals surface area (Å²) in [4.78, 5) is 6.71. The number of aliphatic imine (C=N–C) groups is 1. The van der Waals surface area contributed by atoms with E-state index in [0.717, 1.165) is 23.1 Å². The van der Waals surface area contributed by atoms with Crippen LogP contribution >= 0.6 is 24.0 Å². The standard InChI is InChI=1S/C20H29N5O3S.HI/c1-5-21-19(24-12-13-29(26,27)20(2,3)15-24)22-14-16-10-11-25(23-16)17-6-8-18(28-4)9-7-17;/h6-11H,5,12-15H2,1-4H3,(H,21,22);1H. The third-order valence-electron chi connectivity index (χ3n) is 5.05. The lowest BCUT2D eigenvalue weighted by Crippen LogP contribution is -2.57. The first-order valence-corrected chi connectivity index (χ1v) is 11.4. The van der Waals surface area contributed by atoms with Crippen LogP contribution in [0.15, 0.2) is 41.5 Å². The molecule has 10 heteroatoms. The lowest BCUT2D eigenvalue weighted by molar-refractivity contribution is 0.353. The molecule has 0 spiro atoms. The normalized spacial score (nSPS) is 17.9. The average Bonchev–Trinajstić information content (AvgIpc) is 3.16.